The second-order valence-electron chi connectivity index (χ2n) is 9.18. The lowest BCUT2D eigenvalue weighted by molar-refractivity contribution is -0.136. The topological polar surface area (TPSA) is 90.5 Å². The van der Waals surface area contributed by atoms with Crippen LogP contribution in [0.15, 0.2) is 48.5 Å². The minimum Gasteiger partial charge on any atom is -0.322 e. The number of hydrogen-bond donors (Lipinski definition) is 3. The van der Waals surface area contributed by atoms with Gasteiger partial charge in [-0.3, -0.25) is 19.7 Å². The molecular formula is C26H30N4O3. The zero-order chi connectivity index (χ0) is 22.8. The SMILES string of the molecule is O=C1CCC(N2Cc3cccc(CN[C@@H]4CCNCC[C@@H]4c4ccccc4)c3C2=O)C(=O)N1. The standard InChI is InChI=1S/C26H30N4O3/c31-23-10-9-22(25(32)29-23)30-16-19-8-4-7-18(24(19)26(30)33)15-28-21-12-14-27-13-11-20(21)17-5-2-1-3-6-17/h1-8,20-22,27-28H,9-16H2,(H,29,31,32)/t20-,21-,22?/m1/s1. The Morgan fingerprint density at radius 3 is 2.58 bits per heavy atom. The second kappa shape index (κ2) is 9.45. The first-order valence-corrected chi connectivity index (χ1v) is 11.9. The fraction of sp³-hybridized carbons (Fsp3) is 0.423. The molecule has 2 aromatic carbocycles. The van der Waals surface area contributed by atoms with Crippen molar-refractivity contribution in [1.82, 2.24) is 20.9 Å². The van der Waals surface area contributed by atoms with Crippen LogP contribution in [-0.2, 0) is 22.7 Å². The van der Waals surface area contributed by atoms with E-state index in [4.69, 9.17) is 0 Å². The van der Waals surface area contributed by atoms with Gasteiger partial charge in [-0.2, -0.15) is 0 Å². The molecule has 1 unspecified atom stereocenters. The highest BCUT2D eigenvalue weighted by Gasteiger charge is 2.40. The Morgan fingerprint density at radius 2 is 1.76 bits per heavy atom. The van der Waals surface area contributed by atoms with E-state index in [1.165, 1.54) is 5.56 Å². The summed E-state index contributed by atoms with van der Waals surface area (Å²) in [5, 5.41) is 9.63. The molecule has 3 N–H and O–H groups in total. The molecule has 7 nitrogen and oxygen atoms in total. The summed E-state index contributed by atoms with van der Waals surface area (Å²) in [5.74, 6) is -0.340. The van der Waals surface area contributed by atoms with Gasteiger partial charge in [0.05, 0.1) is 0 Å². The summed E-state index contributed by atoms with van der Waals surface area (Å²) >= 11 is 0. The van der Waals surface area contributed by atoms with Gasteiger partial charge >= 0.3 is 0 Å². The maximum absolute atomic E-state index is 13.4. The molecule has 7 heteroatoms. The van der Waals surface area contributed by atoms with Crippen molar-refractivity contribution in [1.29, 1.82) is 0 Å². The minimum atomic E-state index is -0.584. The lowest BCUT2D eigenvalue weighted by Gasteiger charge is -2.29. The number of benzene rings is 2. The first-order valence-electron chi connectivity index (χ1n) is 11.9. The molecular weight excluding hydrogens is 416 g/mol. The Morgan fingerprint density at radius 1 is 0.939 bits per heavy atom. The Hall–Kier alpha value is -3.03. The van der Waals surface area contributed by atoms with Crippen molar-refractivity contribution in [2.75, 3.05) is 13.1 Å². The predicted molar refractivity (Wildman–Crippen MR) is 124 cm³/mol. The van der Waals surface area contributed by atoms with Crippen LogP contribution in [0.4, 0.5) is 0 Å². The molecule has 0 saturated carbocycles. The van der Waals surface area contributed by atoms with Crippen molar-refractivity contribution < 1.29 is 14.4 Å². The van der Waals surface area contributed by atoms with Crippen molar-refractivity contribution in [2.24, 2.45) is 0 Å². The van der Waals surface area contributed by atoms with Gasteiger partial charge in [-0.15, -0.1) is 0 Å². The Kier molecular flexibility index (Phi) is 6.24. The van der Waals surface area contributed by atoms with Crippen LogP contribution >= 0.6 is 0 Å². The minimum absolute atomic E-state index is 0.112. The second-order valence-corrected chi connectivity index (χ2v) is 9.18. The number of piperidine rings is 1. The zero-order valence-corrected chi connectivity index (χ0v) is 18.7. The highest BCUT2D eigenvalue weighted by atomic mass is 16.2. The molecule has 0 aliphatic carbocycles. The van der Waals surface area contributed by atoms with Crippen LogP contribution in [-0.4, -0.2) is 47.8 Å². The van der Waals surface area contributed by atoms with E-state index >= 15 is 0 Å². The van der Waals surface area contributed by atoms with Gasteiger partial charge in [0.2, 0.25) is 11.8 Å². The van der Waals surface area contributed by atoms with E-state index in [-0.39, 0.29) is 24.1 Å². The first kappa shape index (κ1) is 21.8. The molecule has 0 spiro atoms. The Balaban J connectivity index is 1.33. The molecule has 2 fully saturated rings. The lowest BCUT2D eigenvalue weighted by Crippen LogP contribution is -2.52. The average molecular weight is 447 g/mol. The number of imide groups is 1. The lowest BCUT2D eigenvalue weighted by atomic mass is 9.87. The van der Waals surface area contributed by atoms with E-state index in [0.29, 0.717) is 37.0 Å². The molecule has 33 heavy (non-hydrogen) atoms. The van der Waals surface area contributed by atoms with Gasteiger partial charge in [0.15, 0.2) is 0 Å². The highest BCUT2D eigenvalue weighted by molar-refractivity contribution is 6.06. The van der Waals surface area contributed by atoms with Crippen LogP contribution in [0.3, 0.4) is 0 Å². The third-order valence-electron chi connectivity index (χ3n) is 7.17. The molecule has 3 aliphatic rings. The van der Waals surface area contributed by atoms with Gasteiger partial charge in [0.25, 0.3) is 5.91 Å². The number of nitrogens with zero attached hydrogens (tertiary/aromatic N) is 1. The quantitative estimate of drug-likeness (QED) is 0.612. The van der Waals surface area contributed by atoms with Gasteiger partial charge < -0.3 is 15.5 Å². The number of nitrogens with one attached hydrogen (secondary N) is 3. The summed E-state index contributed by atoms with van der Waals surface area (Å²) in [6.45, 7) is 2.98. The van der Waals surface area contributed by atoms with Crippen molar-refractivity contribution in [3.8, 4) is 0 Å². The maximum Gasteiger partial charge on any atom is 0.255 e. The average Bonchev–Trinajstić information content (AvgIpc) is 3.00. The molecule has 0 bridgehead atoms. The summed E-state index contributed by atoms with van der Waals surface area (Å²) < 4.78 is 0. The van der Waals surface area contributed by atoms with E-state index in [1.807, 2.05) is 24.3 Å². The number of hydrogen-bond acceptors (Lipinski definition) is 5. The fourth-order valence-corrected chi connectivity index (χ4v) is 5.46. The van der Waals surface area contributed by atoms with E-state index in [2.05, 4.69) is 40.2 Å². The van der Waals surface area contributed by atoms with Crippen LogP contribution in [0.25, 0.3) is 0 Å². The molecule has 2 aromatic rings. The molecule has 0 radical (unpaired) electrons. The number of carbonyl (C=O) groups is 3. The van der Waals surface area contributed by atoms with Crippen molar-refractivity contribution in [3.63, 3.8) is 0 Å². The third kappa shape index (κ3) is 4.43. The first-order chi connectivity index (χ1) is 16.1. The summed E-state index contributed by atoms with van der Waals surface area (Å²) in [6.07, 6.45) is 2.73. The highest BCUT2D eigenvalue weighted by Crippen LogP contribution is 2.31. The Labute approximate surface area is 193 Å². The summed E-state index contributed by atoms with van der Waals surface area (Å²) in [4.78, 5) is 38.9. The van der Waals surface area contributed by atoms with Crippen LogP contribution in [0.2, 0.25) is 0 Å². The number of carbonyl (C=O) groups excluding carboxylic acids is 3. The van der Waals surface area contributed by atoms with Gasteiger partial charge in [0, 0.05) is 37.0 Å². The number of rotatable bonds is 5. The normalized spacial score (nSPS) is 25.5. The van der Waals surface area contributed by atoms with E-state index in [1.54, 1.807) is 4.90 Å². The monoisotopic (exact) mass is 446 g/mol. The Bertz CT molecular complexity index is 1050. The van der Waals surface area contributed by atoms with Gasteiger partial charge in [0.1, 0.15) is 6.04 Å². The molecule has 3 heterocycles. The van der Waals surface area contributed by atoms with Crippen LogP contribution in [0, 0.1) is 0 Å². The van der Waals surface area contributed by atoms with E-state index in [9.17, 15) is 14.4 Å². The number of amides is 3. The third-order valence-corrected chi connectivity index (χ3v) is 7.17. The van der Waals surface area contributed by atoms with Gasteiger partial charge in [-0.05, 0) is 49.0 Å². The van der Waals surface area contributed by atoms with Crippen molar-refractivity contribution in [3.05, 3.63) is 70.8 Å². The van der Waals surface area contributed by atoms with Crippen LogP contribution in [0.1, 0.15) is 58.6 Å². The van der Waals surface area contributed by atoms with Crippen LogP contribution < -0.4 is 16.0 Å². The summed E-state index contributed by atoms with van der Waals surface area (Å²) in [7, 11) is 0. The van der Waals surface area contributed by atoms with E-state index < -0.39 is 6.04 Å². The smallest absolute Gasteiger partial charge is 0.255 e. The van der Waals surface area contributed by atoms with Gasteiger partial charge in [-0.1, -0.05) is 48.5 Å². The van der Waals surface area contributed by atoms with Crippen molar-refractivity contribution >= 4 is 17.7 Å². The maximum atomic E-state index is 13.4. The fourth-order valence-electron chi connectivity index (χ4n) is 5.46. The molecule has 0 aromatic heterocycles. The zero-order valence-electron chi connectivity index (χ0n) is 18.7. The largest absolute Gasteiger partial charge is 0.322 e. The van der Waals surface area contributed by atoms with Crippen LogP contribution in [0.5, 0.6) is 0 Å². The molecule has 5 rings (SSSR count). The molecule has 172 valence electrons. The molecule has 3 atom stereocenters. The molecule has 3 aliphatic heterocycles. The summed E-state index contributed by atoms with van der Waals surface area (Å²) in [5.41, 5.74) is 3.97. The predicted octanol–water partition coefficient (Wildman–Crippen LogP) is 2.07. The molecule has 3 amide bonds. The molecule has 2 saturated heterocycles. The van der Waals surface area contributed by atoms with Crippen molar-refractivity contribution in [2.45, 2.75) is 56.8 Å². The number of fused-ring (bicyclic) bond motifs is 1. The summed E-state index contributed by atoms with van der Waals surface area (Å²) in [6, 6.07) is 16.3. The van der Waals surface area contributed by atoms with E-state index in [0.717, 1.165) is 37.1 Å². The van der Waals surface area contributed by atoms with Gasteiger partial charge in [-0.25, -0.2) is 0 Å².